The number of primary amides is 1. The molecule has 2 rings (SSSR count). The van der Waals surface area contributed by atoms with Crippen LogP contribution in [-0.4, -0.2) is 61.7 Å². The van der Waals surface area contributed by atoms with Gasteiger partial charge >= 0.3 is 0 Å². The molecule has 1 fully saturated rings. The van der Waals surface area contributed by atoms with Crippen molar-refractivity contribution in [1.82, 2.24) is 5.32 Å². The standard InChI is InChI=1S/C24H34N6O3/c1-5-19(18-11-16(4)27-12-15(18)3)30-20(6-2)22(31)14-29-21(23(25)24(26)32)13-28-17-7-9-33-10-8-17/h5-6,11,13,15,17,29H,1,7-10,12,14,25H2,2-4H3,(H2,26,32)/b20-6-,23-21+,28-13?,30-19?. The molecule has 0 bridgehead atoms. The lowest BCUT2D eigenvalue weighted by molar-refractivity contribution is -0.115. The van der Waals surface area contributed by atoms with Gasteiger partial charge in [0.05, 0.1) is 24.0 Å². The average molecular weight is 455 g/mol. The third-order valence-corrected chi connectivity index (χ3v) is 5.40. The van der Waals surface area contributed by atoms with Crippen molar-refractivity contribution in [3.8, 4) is 0 Å². The van der Waals surface area contributed by atoms with Crippen LogP contribution in [0.15, 0.2) is 62.4 Å². The summed E-state index contributed by atoms with van der Waals surface area (Å²) >= 11 is 0. The van der Waals surface area contributed by atoms with Crippen LogP contribution in [0.5, 0.6) is 0 Å². The number of allylic oxidation sites excluding steroid dienone is 4. The molecule has 2 aliphatic heterocycles. The highest BCUT2D eigenvalue weighted by atomic mass is 16.5. The van der Waals surface area contributed by atoms with Crippen molar-refractivity contribution in [2.75, 3.05) is 26.3 Å². The first-order chi connectivity index (χ1) is 15.8. The van der Waals surface area contributed by atoms with Crippen LogP contribution < -0.4 is 16.8 Å². The second-order valence-electron chi connectivity index (χ2n) is 7.95. The summed E-state index contributed by atoms with van der Waals surface area (Å²) in [6, 6.07) is 0.0653. The molecule has 1 saturated heterocycles. The Morgan fingerprint density at radius 3 is 2.64 bits per heavy atom. The first-order valence-corrected chi connectivity index (χ1v) is 11.0. The van der Waals surface area contributed by atoms with E-state index in [-0.39, 0.29) is 41.4 Å². The summed E-state index contributed by atoms with van der Waals surface area (Å²) in [5, 5.41) is 2.90. The quantitative estimate of drug-likeness (QED) is 0.339. The van der Waals surface area contributed by atoms with Crippen molar-refractivity contribution in [3.63, 3.8) is 0 Å². The molecule has 2 heterocycles. The van der Waals surface area contributed by atoms with Gasteiger partial charge in [0, 0.05) is 37.6 Å². The molecule has 1 amide bonds. The van der Waals surface area contributed by atoms with Crippen LogP contribution in [0.2, 0.25) is 0 Å². The Labute approximate surface area is 195 Å². The topological polar surface area (TPSA) is 145 Å². The number of aliphatic imine (C=N–C) groups is 3. The van der Waals surface area contributed by atoms with Crippen molar-refractivity contribution >= 4 is 29.3 Å². The Bertz CT molecular complexity index is 949. The zero-order valence-corrected chi connectivity index (χ0v) is 19.6. The molecule has 9 heteroatoms. The van der Waals surface area contributed by atoms with Gasteiger partial charge in [0.2, 0.25) is 0 Å². The molecule has 0 saturated carbocycles. The van der Waals surface area contributed by atoms with E-state index in [0.29, 0.717) is 25.5 Å². The van der Waals surface area contributed by atoms with E-state index in [1.165, 1.54) is 6.21 Å². The lowest BCUT2D eigenvalue weighted by Gasteiger charge is -2.19. The zero-order chi connectivity index (χ0) is 24.4. The minimum Gasteiger partial charge on any atom is -0.393 e. The van der Waals surface area contributed by atoms with E-state index in [4.69, 9.17) is 16.2 Å². The van der Waals surface area contributed by atoms with E-state index in [9.17, 15) is 9.59 Å². The molecule has 1 unspecified atom stereocenters. The van der Waals surface area contributed by atoms with Crippen LogP contribution in [0.25, 0.3) is 0 Å². The number of amides is 1. The van der Waals surface area contributed by atoms with Gasteiger partial charge in [-0.2, -0.15) is 0 Å². The minimum absolute atomic E-state index is 0.0653. The minimum atomic E-state index is -0.795. The summed E-state index contributed by atoms with van der Waals surface area (Å²) in [5.41, 5.74) is 14.0. The summed E-state index contributed by atoms with van der Waals surface area (Å²) in [5.74, 6) is -0.902. The highest BCUT2D eigenvalue weighted by Crippen LogP contribution is 2.20. The second kappa shape index (κ2) is 12.6. The molecule has 9 nitrogen and oxygen atoms in total. The van der Waals surface area contributed by atoms with Crippen LogP contribution in [-0.2, 0) is 14.3 Å². The maximum Gasteiger partial charge on any atom is 0.266 e. The van der Waals surface area contributed by atoms with Crippen LogP contribution in [0.4, 0.5) is 0 Å². The van der Waals surface area contributed by atoms with E-state index < -0.39 is 5.91 Å². The fraction of sp³-hybridized carbons (Fsp3) is 0.458. The third kappa shape index (κ3) is 7.64. The number of hydrogen-bond acceptors (Lipinski definition) is 8. The Balaban J connectivity index is 2.17. The van der Waals surface area contributed by atoms with E-state index in [1.807, 2.05) is 13.0 Å². The molecular weight excluding hydrogens is 420 g/mol. The molecule has 0 aliphatic carbocycles. The zero-order valence-electron chi connectivity index (χ0n) is 19.6. The van der Waals surface area contributed by atoms with Crippen molar-refractivity contribution in [2.45, 2.75) is 39.7 Å². The number of nitrogens with zero attached hydrogens (tertiary/aromatic N) is 3. The van der Waals surface area contributed by atoms with E-state index in [0.717, 1.165) is 24.1 Å². The van der Waals surface area contributed by atoms with Crippen LogP contribution in [0.1, 0.15) is 33.6 Å². The maximum absolute atomic E-state index is 12.9. The van der Waals surface area contributed by atoms with E-state index in [2.05, 4.69) is 33.8 Å². The smallest absolute Gasteiger partial charge is 0.266 e. The predicted octanol–water partition coefficient (Wildman–Crippen LogP) is 1.62. The fourth-order valence-electron chi connectivity index (χ4n) is 3.39. The molecule has 0 aromatic rings. The maximum atomic E-state index is 12.9. The van der Waals surface area contributed by atoms with Crippen molar-refractivity contribution in [3.05, 3.63) is 47.5 Å². The molecule has 0 aromatic heterocycles. The summed E-state index contributed by atoms with van der Waals surface area (Å²) in [4.78, 5) is 38.0. The monoisotopic (exact) mass is 454 g/mol. The number of hydrogen-bond donors (Lipinski definition) is 3. The molecular formula is C24H34N6O3. The second-order valence-corrected chi connectivity index (χ2v) is 7.95. The lowest BCUT2D eigenvalue weighted by atomic mass is 9.93. The fourth-order valence-corrected chi connectivity index (χ4v) is 3.39. The van der Waals surface area contributed by atoms with Gasteiger partial charge < -0.3 is 21.5 Å². The number of dihydropyridines is 1. The molecule has 33 heavy (non-hydrogen) atoms. The van der Waals surface area contributed by atoms with Crippen molar-refractivity contribution in [1.29, 1.82) is 0 Å². The first kappa shape index (κ1) is 25.9. The summed E-state index contributed by atoms with van der Waals surface area (Å²) in [6.07, 6.45) is 8.26. The van der Waals surface area contributed by atoms with Gasteiger partial charge in [-0.05, 0) is 44.4 Å². The summed E-state index contributed by atoms with van der Waals surface area (Å²) in [6.45, 7) is 11.4. The SMILES string of the molecule is C=CC(=N/C(=C\C)C(=O)CN/C(C=NC1CCOCC1)=C(/N)C(N)=O)C1=CC(C)=NCC1C. The number of ether oxygens (including phenoxy) is 1. The molecule has 0 spiro atoms. The summed E-state index contributed by atoms with van der Waals surface area (Å²) < 4.78 is 5.33. The number of ketones is 1. The highest BCUT2D eigenvalue weighted by Gasteiger charge is 2.19. The van der Waals surface area contributed by atoms with E-state index in [1.54, 1.807) is 19.1 Å². The van der Waals surface area contributed by atoms with Crippen molar-refractivity contribution < 1.29 is 14.3 Å². The number of nitrogens with two attached hydrogens (primary N) is 2. The van der Waals surface area contributed by atoms with Gasteiger partial charge in [-0.1, -0.05) is 19.6 Å². The van der Waals surface area contributed by atoms with Gasteiger partial charge in [-0.3, -0.25) is 19.6 Å². The van der Waals surface area contributed by atoms with Gasteiger partial charge in [0.15, 0.2) is 5.78 Å². The average Bonchev–Trinajstić information content (AvgIpc) is 2.81. The third-order valence-electron chi connectivity index (χ3n) is 5.40. The Kier molecular flexibility index (Phi) is 9.93. The number of carbonyl (C=O) groups is 2. The van der Waals surface area contributed by atoms with Gasteiger partial charge in [-0.25, -0.2) is 4.99 Å². The first-order valence-electron chi connectivity index (χ1n) is 11.0. The summed E-state index contributed by atoms with van der Waals surface area (Å²) in [7, 11) is 0. The van der Waals surface area contributed by atoms with Crippen LogP contribution in [0.3, 0.4) is 0 Å². The largest absolute Gasteiger partial charge is 0.393 e. The molecule has 5 N–H and O–H groups in total. The molecule has 2 aliphatic rings. The van der Waals surface area contributed by atoms with Crippen molar-refractivity contribution in [2.24, 2.45) is 32.4 Å². The van der Waals surface area contributed by atoms with Gasteiger partial charge in [0.1, 0.15) is 11.4 Å². The molecule has 0 aromatic carbocycles. The molecule has 178 valence electrons. The normalized spacial score (nSPS) is 21.2. The lowest BCUT2D eigenvalue weighted by Crippen LogP contribution is -2.32. The van der Waals surface area contributed by atoms with Gasteiger partial charge in [0.25, 0.3) is 5.91 Å². The van der Waals surface area contributed by atoms with Gasteiger partial charge in [-0.15, -0.1) is 0 Å². The highest BCUT2D eigenvalue weighted by molar-refractivity contribution is 6.15. The Morgan fingerprint density at radius 1 is 1.33 bits per heavy atom. The number of carbonyl (C=O) groups excluding carboxylic acids is 2. The van der Waals surface area contributed by atoms with Crippen LogP contribution >= 0.6 is 0 Å². The molecule has 1 atom stereocenters. The predicted molar refractivity (Wildman–Crippen MR) is 132 cm³/mol. The van der Waals surface area contributed by atoms with Crippen LogP contribution in [0, 0.1) is 5.92 Å². The Hall–Kier alpha value is -3.33. The number of nitrogens with one attached hydrogen (secondary N) is 1. The number of rotatable bonds is 10. The van der Waals surface area contributed by atoms with E-state index >= 15 is 0 Å². The number of Topliss-reactive ketones (excluding diaryl/α,β-unsaturated/α-hetero) is 1. The molecule has 0 radical (unpaired) electrons. The Morgan fingerprint density at radius 2 is 2.03 bits per heavy atom.